The number of carbonyl (C=O) groups excluding carboxylic acids is 1. The molecule has 0 spiro atoms. The standard InChI is InChI=1S/C16H16N2O5/c1-22-8-9-4-11(16(20)21)6-12(5-9)17-15(19)13-7-14(23-18-13)10-2-3-10/h4-7,10H,2-3,8H2,1H3,(H,17,19)(H,20,21). The summed E-state index contributed by atoms with van der Waals surface area (Å²) in [4.78, 5) is 23.4. The first-order chi connectivity index (χ1) is 11.1. The van der Waals surface area contributed by atoms with Crippen LogP contribution in [0.1, 0.15) is 50.9 Å². The number of nitrogens with zero attached hydrogens (tertiary/aromatic N) is 1. The summed E-state index contributed by atoms with van der Waals surface area (Å²) < 4.78 is 10.2. The quantitative estimate of drug-likeness (QED) is 0.849. The van der Waals surface area contributed by atoms with Gasteiger partial charge >= 0.3 is 5.97 Å². The fourth-order valence-corrected chi connectivity index (χ4v) is 2.29. The molecule has 0 aliphatic heterocycles. The van der Waals surface area contributed by atoms with Crippen molar-refractivity contribution in [2.75, 3.05) is 12.4 Å². The first-order valence-electron chi connectivity index (χ1n) is 7.21. The van der Waals surface area contributed by atoms with Crippen molar-refractivity contribution in [3.05, 3.63) is 46.8 Å². The fraction of sp³-hybridized carbons (Fsp3) is 0.312. The minimum absolute atomic E-state index is 0.0775. The Morgan fingerprint density at radius 2 is 2.13 bits per heavy atom. The summed E-state index contributed by atoms with van der Waals surface area (Å²) >= 11 is 0. The summed E-state index contributed by atoms with van der Waals surface area (Å²) in [5.74, 6) is -0.426. The van der Waals surface area contributed by atoms with Gasteiger partial charge in [-0.25, -0.2) is 4.79 Å². The van der Waals surface area contributed by atoms with Gasteiger partial charge in [-0.3, -0.25) is 4.79 Å². The van der Waals surface area contributed by atoms with E-state index in [4.69, 9.17) is 14.4 Å². The SMILES string of the molecule is COCc1cc(NC(=O)c2cc(C3CC3)on2)cc(C(=O)O)c1. The molecule has 2 aromatic rings. The van der Waals surface area contributed by atoms with Crippen LogP contribution >= 0.6 is 0 Å². The zero-order chi connectivity index (χ0) is 16.4. The predicted molar refractivity (Wildman–Crippen MR) is 80.5 cm³/mol. The Hall–Kier alpha value is -2.67. The number of hydrogen-bond acceptors (Lipinski definition) is 5. The van der Waals surface area contributed by atoms with Crippen molar-refractivity contribution in [2.24, 2.45) is 0 Å². The second-order valence-corrected chi connectivity index (χ2v) is 5.50. The zero-order valence-corrected chi connectivity index (χ0v) is 12.5. The summed E-state index contributed by atoms with van der Waals surface area (Å²) in [6, 6.07) is 6.18. The molecule has 1 fully saturated rings. The van der Waals surface area contributed by atoms with Crippen LogP contribution in [0.15, 0.2) is 28.8 Å². The molecule has 23 heavy (non-hydrogen) atoms. The fourth-order valence-electron chi connectivity index (χ4n) is 2.29. The van der Waals surface area contributed by atoms with Crippen LogP contribution in [0, 0.1) is 0 Å². The minimum Gasteiger partial charge on any atom is -0.478 e. The number of benzene rings is 1. The van der Waals surface area contributed by atoms with E-state index in [-0.39, 0.29) is 17.9 Å². The number of methoxy groups -OCH3 is 1. The lowest BCUT2D eigenvalue weighted by molar-refractivity contribution is 0.0696. The molecule has 0 saturated heterocycles. The molecular weight excluding hydrogens is 300 g/mol. The molecule has 0 bridgehead atoms. The lowest BCUT2D eigenvalue weighted by Gasteiger charge is -2.08. The Morgan fingerprint density at radius 1 is 1.35 bits per heavy atom. The number of carbonyl (C=O) groups is 2. The monoisotopic (exact) mass is 316 g/mol. The summed E-state index contributed by atoms with van der Waals surface area (Å²) in [6.45, 7) is 0.250. The number of carboxylic acids is 1. The summed E-state index contributed by atoms with van der Waals surface area (Å²) in [6.07, 6.45) is 2.11. The molecule has 0 radical (unpaired) electrons. The van der Waals surface area contributed by atoms with Gasteiger partial charge in [-0.15, -0.1) is 0 Å². The number of nitrogens with one attached hydrogen (secondary N) is 1. The summed E-state index contributed by atoms with van der Waals surface area (Å²) in [5, 5.41) is 15.5. The maximum atomic E-state index is 12.2. The molecule has 3 rings (SSSR count). The van der Waals surface area contributed by atoms with Gasteiger partial charge in [-0.1, -0.05) is 5.16 Å². The molecule has 0 unspecified atom stereocenters. The Morgan fingerprint density at radius 3 is 2.78 bits per heavy atom. The molecule has 7 heteroatoms. The van der Waals surface area contributed by atoms with Crippen molar-refractivity contribution in [3.63, 3.8) is 0 Å². The molecule has 1 aliphatic carbocycles. The Balaban J connectivity index is 1.79. The second kappa shape index (κ2) is 6.21. The molecule has 1 amide bonds. The molecule has 1 heterocycles. The van der Waals surface area contributed by atoms with Crippen LogP contribution in [-0.2, 0) is 11.3 Å². The van der Waals surface area contributed by atoms with Gasteiger partial charge in [0, 0.05) is 24.8 Å². The van der Waals surface area contributed by atoms with Crippen molar-refractivity contribution >= 4 is 17.6 Å². The van der Waals surface area contributed by atoms with Gasteiger partial charge in [0.25, 0.3) is 5.91 Å². The molecule has 1 aromatic heterocycles. The van der Waals surface area contributed by atoms with Gasteiger partial charge in [-0.2, -0.15) is 0 Å². The van der Waals surface area contributed by atoms with Gasteiger partial charge in [-0.05, 0) is 36.6 Å². The van der Waals surface area contributed by atoms with Crippen LogP contribution in [0.25, 0.3) is 0 Å². The largest absolute Gasteiger partial charge is 0.478 e. The number of aromatic nitrogens is 1. The number of amides is 1. The molecule has 1 aliphatic rings. The Kier molecular flexibility index (Phi) is 4.12. The predicted octanol–water partition coefficient (Wildman–Crippen LogP) is 2.65. The van der Waals surface area contributed by atoms with Crippen LogP contribution in [0.4, 0.5) is 5.69 Å². The highest BCUT2D eigenvalue weighted by Gasteiger charge is 2.28. The Bertz CT molecular complexity index is 749. The zero-order valence-electron chi connectivity index (χ0n) is 12.5. The van der Waals surface area contributed by atoms with E-state index in [2.05, 4.69) is 10.5 Å². The number of carboxylic acid groups (broad SMARTS) is 1. The van der Waals surface area contributed by atoms with Crippen LogP contribution < -0.4 is 5.32 Å². The van der Waals surface area contributed by atoms with Gasteiger partial charge < -0.3 is 19.7 Å². The smallest absolute Gasteiger partial charge is 0.335 e. The van der Waals surface area contributed by atoms with E-state index in [1.165, 1.54) is 19.2 Å². The van der Waals surface area contributed by atoms with Gasteiger partial charge in [0.1, 0.15) is 5.76 Å². The molecule has 2 N–H and O–H groups in total. The number of ether oxygens (including phenoxy) is 1. The van der Waals surface area contributed by atoms with E-state index in [1.807, 2.05) is 0 Å². The third-order valence-electron chi connectivity index (χ3n) is 3.55. The van der Waals surface area contributed by atoms with Crippen molar-refractivity contribution in [3.8, 4) is 0 Å². The van der Waals surface area contributed by atoms with Crippen molar-refractivity contribution in [2.45, 2.75) is 25.4 Å². The first-order valence-corrected chi connectivity index (χ1v) is 7.21. The molecule has 1 aromatic carbocycles. The van der Waals surface area contributed by atoms with Crippen LogP contribution in [0.5, 0.6) is 0 Å². The van der Waals surface area contributed by atoms with E-state index in [0.717, 1.165) is 18.6 Å². The molecule has 1 saturated carbocycles. The van der Waals surface area contributed by atoms with E-state index in [1.54, 1.807) is 12.1 Å². The third-order valence-corrected chi connectivity index (χ3v) is 3.55. The highest BCUT2D eigenvalue weighted by atomic mass is 16.5. The Labute approximate surface area is 132 Å². The van der Waals surface area contributed by atoms with Gasteiger partial charge in [0.15, 0.2) is 5.69 Å². The van der Waals surface area contributed by atoms with E-state index in [0.29, 0.717) is 17.2 Å². The van der Waals surface area contributed by atoms with Gasteiger partial charge in [0.2, 0.25) is 0 Å². The van der Waals surface area contributed by atoms with Crippen molar-refractivity contribution in [1.82, 2.24) is 5.16 Å². The van der Waals surface area contributed by atoms with Crippen LogP contribution in [-0.4, -0.2) is 29.2 Å². The van der Waals surface area contributed by atoms with Gasteiger partial charge in [0.05, 0.1) is 12.2 Å². The van der Waals surface area contributed by atoms with Crippen molar-refractivity contribution < 1.29 is 24.0 Å². The second-order valence-electron chi connectivity index (χ2n) is 5.50. The first kappa shape index (κ1) is 15.2. The normalized spacial score (nSPS) is 13.8. The number of anilines is 1. The van der Waals surface area contributed by atoms with Crippen molar-refractivity contribution in [1.29, 1.82) is 0 Å². The van der Waals surface area contributed by atoms with E-state index >= 15 is 0 Å². The average molecular weight is 316 g/mol. The maximum Gasteiger partial charge on any atom is 0.335 e. The lowest BCUT2D eigenvalue weighted by Crippen LogP contribution is -2.13. The third kappa shape index (κ3) is 3.57. The van der Waals surface area contributed by atoms with Crippen LogP contribution in [0.3, 0.4) is 0 Å². The number of aromatic carboxylic acids is 1. The minimum atomic E-state index is -1.07. The lowest BCUT2D eigenvalue weighted by atomic mass is 10.1. The summed E-state index contributed by atoms with van der Waals surface area (Å²) in [5.41, 5.74) is 1.29. The topological polar surface area (TPSA) is 102 Å². The maximum absolute atomic E-state index is 12.2. The summed E-state index contributed by atoms with van der Waals surface area (Å²) in [7, 11) is 1.51. The number of hydrogen-bond donors (Lipinski definition) is 2. The molecule has 7 nitrogen and oxygen atoms in total. The highest BCUT2D eigenvalue weighted by Crippen LogP contribution is 2.40. The van der Waals surface area contributed by atoms with Crippen LogP contribution in [0.2, 0.25) is 0 Å². The molecular formula is C16H16N2O5. The average Bonchev–Trinajstić information content (AvgIpc) is 3.24. The molecule has 120 valence electrons. The van der Waals surface area contributed by atoms with E-state index in [9.17, 15) is 9.59 Å². The number of rotatable bonds is 6. The molecule has 0 atom stereocenters. The van der Waals surface area contributed by atoms with E-state index < -0.39 is 11.9 Å². The highest BCUT2D eigenvalue weighted by molar-refractivity contribution is 6.03.